The smallest absolute Gasteiger partial charge is 0.202 e. The summed E-state index contributed by atoms with van der Waals surface area (Å²) in [5, 5.41) is 32.8. The van der Waals surface area contributed by atoms with Crippen molar-refractivity contribution < 1.29 is 39.2 Å². The molecule has 0 radical (unpaired) electrons. The van der Waals surface area contributed by atoms with E-state index in [4.69, 9.17) is 9.47 Å². The lowest BCUT2D eigenvalue weighted by atomic mass is 9.72. The Morgan fingerprint density at radius 2 is 1.73 bits per heavy atom. The molecule has 0 saturated heterocycles. The van der Waals surface area contributed by atoms with E-state index < -0.39 is 40.6 Å². The maximum absolute atomic E-state index is 13.3. The number of Topliss-reactive ketones (excluding diaryl/α,β-unsaturated/α-hetero) is 1. The molecule has 156 valence electrons. The molecule has 3 N–H and O–H groups in total. The molecule has 30 heavy (non-hydrogen) atoms. The lowest BCUT2D eigenvalue weighted by Crippen LogP contribution is -2.44. The van der Waals surface area contributed by atoms with E-state index >= 15 is 0 Å². The molecule has 2 aliphatic rings. The summed E-state index contributed by atoms with van der Waals surface area (Å²) < 4.78 is 10.6. The minimum absolute atomic E-state index is 0.00262. The van der Waals surface area contributed by atoms with Crippen molar-refractivity contribution in [3.05, 3.63) is 51.6 Å². The Hall–Kier alpha value is -3.23. The van der Waals surface area contributed by atoms with E-state index in [0.29, 0.717) is 0 Å². The topological polar surface area (TPSA) is 130 Å². The summed E-state index contributed by atoms with van der Waals surface area (Å²) in [5.41, 5.74) is -2.43. The van der Waals surface area contributed by atoms with E-state index in [2.05, 4.69) is 0 Å². The van der Waals surface area contributed by atoms with Crippen molar-refractivity contribution in [1.29, 1.82) is 0 Å². The van der Waals surface area contributed by atoms with Crippen LogP contribution in [-0.2, 0) is 16.0 Å². The molecule has 2 aromatic carbocycles. The van der Waals surface area contributed by atoms with E-state index in [1.807, 2.05) is 0 Å². The number of ketones is 3. The molecular weight excluding hydrogens is 392 g/mol. The number of ether oxygens (including phenoxy) is 2. The zero-order valence-electron chi connectivity index (χ0n) is 16.6. The maximum atomic E-state index is 13.3. The summed E-state index contributed by atoms with van der Waals surface area (Å²) in [5.74, 6) is -2.77. The number of methoxy groups -OCH3 is 2. The molecule has 2 atom stereocenters. The zero-order valence-corrected chi connectivity index (χ0v) is 16.6. The van der Waals surface area contributed by atoms with E-state index in [0.717, 1.165) is 0 Å². The van der Waals surface area contributed by atoms with Gasteiger partial charge in [-0.25, -0.2) is 0 Å². The molecule has 0 bridgehead atoms. The van der Waals surface area contributed by atoms with Crippen LogP contribution in [0.3, 0.4) is 0 Å². The van der Waals surface area contributed by atoms with Crippen LogP contribution >= 0.6 is 0 Å². The van der Waals surface area contributed by atoms with E-state index in [-0.39, 0.29) is 52.0 Å². The number of carbonyl (C=O) groups is 3. The number of phenols is 2. The second-order valence-corrected chi connectivity index (χ2v) is 7.57. The predicted octanol–water partition coefficient (Wildman–Crippen LogP) is 1.84. The Kier molecular flexibility index (Phi) is 4.44. The highest BCUT2D eigenvalue weighted by molar-refractivity contribution is 6.31. The van der Waals surface area contributed by atoms with Gasteiger partial charge in [-0.1, -0.05) is 12.1 Å². The third-order valence-electron chi connectivity index (χ3n) is 6.02. The van der Waals surface area contributed by atoms with Crippen LogP contribution in [0, 0.1) is 0 Å². The highest BCUT2D eigenvalue weighted by Crippen LogP contribution is 2.51. The number of fused-ring (bicyclic) bond motifs is 3. The lowest BCUT2D eigenvalue weighted by molar-refractivity contribution is -0.140. The Labute approximate surface area is 171 Å². The molecule has 0 spiro atoms. The predicted molar refractivity (Wildman–Crippen MR) is 103 cm³/mol. The molecule has 0 amide bonds. The van der Waals surface area contributed by atoms with Crippen molar-refractivity contribution in [2.75, 3.05) is 14.2 Å². The van der Waals surface area contributed by atoms with Crippen molar-refractivity contribution in [2.24, 2.45) is 0 Å². The first-order valence-corrected chi connectivity index (χ1v) is 9.29. The summed E-state index contributed by atoms with van der Waals surface area (Å²) in [6, 6.07) is 4.49. The second-order valence-electron chi connectivity index (χ2n) is 7.57. The first kappa shape index (κ1) is 20.1. The molecule has 8 nitrogen and oxygen atoms in total. The normalized spacial score (nSPS) is 22.2. The van der Waals surface area contributed by atoms with Crippen LogP contribution in [0.1, 0.15) is 62.4 Å². The van der Waals surface area contributed by atoms with Gasteiger partial charge < -0.3 is 24.8 Å². The minimum Gasteiger partial charge on any atom is -0.507 e. The third-order valence-corrected chi connectivity index (χ3v) is 6.02. The first-order chi connectivity index (χ1) is 14.2. The van der Waals surface area contributed by atoms with E-state index in [9.17, 15) is 29.7 Å². The van der Waals surface area contributed by atoms with Gasteiger partial charge in [0.15, 0.2) is 11.6 Å². The Morgan fingerprint density at radius 1 is 1.07 bits per heavy atom. The SMILES string of the molecule is COc1cccc2c1C(=O)c1c(O)c3c(c(O)c1C2=O)C[C@@](O)(C(C)=O)C[C@H]3OC. The van der Waals surface area contributed by atoms with Crippen LogP contribution < -0.4 is 4.74 Å². The van der Waals surface area contributed by atoms with Gasteiger partial charge in [0.25, 0.3) is 0 Å². The van der Waals surface area contributed by atoms with Gasteiger partial charge in [0.05, 0.1) is 29.9 Å². The molecule has 0 unspecified atom stereocenters. The summed E-state index contributed by atoms with van der Waals surface area (Å²) in [4.78, 5) is 38.5. The van der Waals surface area contributed by atoms with Crippen LogP contribution in [0.15, 0.2) is 18.2 Å². The van der Waals surface area contributed by atoms with Gasteiger partial charge in [-0.15, -0.1) is 0 Å². The summed E-state index contributed by atoms with van der Waals surface area (Å²) >= 11 is 0. The number of phenolic OH excluding ortho intramolecular Hbond substituents is 2. The first-order valence-electron chi connectivity index (χ1n) is 9.29. The van der Waals surface area contributed by atoms with Crippen LogP contribution in [0.25, 0.3) is 0 Å². The fraction of sp³-hybridized carbons (Fsp3) is 0.318. The summed E-state index contributed by atoms with van der Waals surface area (Å²) in [7, 11) is 2.68. The number of hydrogen-bond donors (Lipinski definition) is 3. The minimum atomic E-state index is -1.84. The largest absolute Gasteiger partial charge is 0.507 e. The molecule has 2 aliphatic carbocycles. The quantitative estimate of drug-likeness (QED) is 0.556. The number of hydrogen-bond acceptors (Lipinski definition) is 8. The van der Waals surface area contributed by atoms with Gasteiger partial charge in [0.2, 0.25) is 5.78 Å². The van der Waals surface area contributed by atoms with Crippen molar-refractivity contribution in [1.82, 2.24) is 0 Å². The molecule has 0 fully saturated rings. The van der Waals surface area contributed by atoms with Crippen molar-refractivity contribution >= 4 is 17.3 Å². The number of benzene rings is 2. The second kappa shape index (κ2) is 6.65. The van der Waals surface area contributed by atoms with Gasteiger partial charge in [0.1, 0.15) is 22.8 Å². The Bertz CT molecular complexity index is 1130. The Balaban J connectivity index is 2.05. The van der Waals surface area contributed by atoms with Gasteiger partial charge in [-0.3, -0.25) is 14.4 Å². The van der Waals surface area contributed by atoms with Gasteiger partial charge in [-0.2, -0.15) is 0 Å². The molecular formula is C22H20O8. The summed E-state index contributed by atoms with van der Waals surface area (Å²) in [6.45, 7) is 1.21. The average molecular weight is 412 g/mol. The molecule has 0 heterocycles. The van der Waals surface area contributed by atoms with Crippen molar-refractivity contribution in [3.63, 3.8) is 0 Å². The van der Waals surface area contributed by atoms with Crippen LogP contribution in [0.5, 0.6) is 17.2 Å². The van der Waals surface area contributed by atoms with Crippen molar-refractivity contribution in [2.45, 2.75) is 31.5 Å². The standard InChI is InChI=1S/C22H20O8/c1-9(23)22(28)7-11-15(13(8-22)30-3)21(27)17-16(19(11)25)18(24)10-5-4-6-12(29-2)14(10)20(17)26/h4-6,13,25,27-28H,7-8H2,1-3H3/t13-,22+/m1/s1. The molecule has 0 saturated carbocycles. The fourth-order valence-corrected chi connectivity index (χ4v) is 4.39. The van der Waals surface area contributed by atoms with Crippen LogP contribution in [0.4, 0.5) is 0 Å². The van der Waals surface area contributed by atoms with E-state index in [1.165, 1.54) is 33.3 Å². The molecule has 4 rings (SSSR count). The number of aromatic hydroxyl groups is 2. The molecule has 8 heteroatoms. The summed E-state index contributed by atoms with van der Waals surface area (Å²) in [6.07, 6.45) is -1.46. The van der Waals surface area contributed by atoms with Gasteiger partial charge in [0, 0.05) is 36.6 Å². The highest BCUT2D eigenvalue weighted by Gasteiger charge is 2.47. The van der Waals surface area contributed by atoms with Crippen LogP contribution in [0.2, 0.25) is 0 Å². The van der Waals surface area contributed by atoms with Gasteiger partial charge >= 0.3 is 0 Å². The van der Waals surface area contributed by atoms with Gasteiger partial charge in [-0.05, 0) is 13.0 Å². The zero-order chi connectivity index (χ0) is 22.0. The van der Waals surface area contributed by atoms with E-state index in [1.54, 1.807) is 6.07 Å². The molecule has 2 aromatic rings. The molecule has 0 aliphatic heterocycles. The van der Waals surface area contributed by atoms with Crippen molar-refractivity contribution in [3.8, 4) is 17.2 Å². The monoisotopic (exact) mass is 412 g/mol. The molecule has 0 aromatic heterocycles. The third kappa shape index (κ3) is 2.50. The Morgan fingerprint density at radius 3 is 2.33 bits per heavy atom. The fourth-order valence-electron chi connectivity index (χ4n) is 4.39. The number of aliphatic hydroxyl groups is 1. The maximum Gasteiger partial charge on any atom is 0.202 e. The number of carbonyl (C=O) groups excluding carboxylic acids is 3. The average Bonchev–Trinajstić information content (AvgIpc) is 2.73. The van der Waals surface area contributed by atoms with Crippen LogP contribution in [-0.4, -0.2) is 52.5 Å². The highest BCUT2D eigenvalue weighted by atomic mass is 16.5. The number of rotatable bonds is 3. The lowest BCUT2D eigenvalue weighted by Gasteiger charge is -2.37.